The summed E-state index contributed by atoms with van der Waals surface area (Å²) in [6.45, 7) is 2.89. The van der Waals surface area contributed by atoms with Crippen molar-refractivity contribution < 1.29 is 0 Å². The van der Waals surface area contributed by atoms with Gasteiger partial charge in [-0.2, -0.15) is 0 Å². The maximum absolute atomic E-state index is 6.23. The smallest absolute Gasteiger partial charge is 0.0436 e. The number of benzene rings is 2. The monoisotopic (exact) mass is 298 g/mol. The first kappa shape index (κ1) is 13.2. The van der Waals surface area contributed by atoms with E-state index in [1.807, 2.05) is 6.07 Å². The van der Waals surface area contributed by atoms with Crippen molar-refractivity contribution in [3.8, 4) is 0 Å². The zero-order chi connectivity index (χ0) is 14.2. The number of anilines is 1. The Hall–Kier alpha value is -1.51. The maximum atomic E-state index is 6.23. The van der Waals surface area contributed by atoms with E-state index in [9.17, 15) is 0 Å². The van der Waals surface area contributed by atoms with Crippen LogP contribution in [0.1, 0.15) is 29.5 Å². The second-order valence-electron chi connectivity index (χ2n) is 6.05. The molecule has 2 aromatic rings. The van der Waals surface area contributed by atoms with Crippen molar-refractivity contribution in [1.29, 1.82) is 0 Å². The van der Waals surface area contributed by atoms with Crippen LogP contribution in [0.5, 0.6) is 0 Å². The normalized spacial score (nSPS) is 17.1. The van der Waals surface area contributed by atoms with E-state index in [1.165, 1.54) is 35.2 Å². The van der Waals surface area contributed by atoms with Gasteiger partial charge in [0.15, 0.2) is 0 Å². The second-order valence-corrected chi connectivity index (χ2v) is 6.49. The van der Waals surface area contributed by atoms with Crippen LogP contribution in [-0.2, 0) is 19.6 Å². The average molecular weight is 299 g/mol. The molecule has 0 radical (unpaired) electrons. The number of halogens is 1. The van der Waals surface area contributed by atoms with E-state index in [4.69, 9.17) is 11.6 Å². The predicted octanol–water partition coefficient (Wildman–Crippen LogP) is 4.11. The Labute approximate surface area is 130 Å². The maximum Gasteiger partial charge on any atom is 0.0436 e. The number of nitrogens with zero attached hydrogens (tertiary/aromatic N) is 1. The number of nitrogens with one attached hydrogen (secondary N) is 1. The largest absolute Gasteiger partial charge is 0.363 e. The Kier molecular flexibility index (Phi) is 3.36. The summed E-state index contributed by atoms with van der Waals surface area (Å²) in [7, 11) is 0. The van der Waals surface area contributed by atoms with Crippen LogP contribution in [0.3, 0.4) is 0 Å². The van der Waals surface area contributed by atoms with Crippen molar-refractivity contribution in [2.24, 2.45) is 0 Å². The zero-order valence-corrected chi connectivity index (χ0v) is 12.7. The molecule has 1 saturated carbocycles. The van der Waals surface area contributed by atoms with Gasteiger partial charge in [-0.25, -0.2) is 0 Å². The Morgan fingerprint density at radius 2 is 1.76 bits per heavy atom. The first-order valence-corrected chi connectivity index (χ1v) is 8.01. The van der Waals surface area contributed by atoms with Crippen LogP contribution < -0.4 is 10.2 Å². The number of hydrogen-bond acceptors (Lipinski definition) is 2. The third kappa shape index (κ3) is 2.78. The molecule has 2 aromatic carbocycles. The van der Waals surface area contributed by atoms with Crippen molar-refractivity contribution in [3.05, 3.63) is 64.2 Å². The van der Waals surface area contributed by atoms with Crippen molar-refractivity contribution in [2.45, 2.75) is 38.5 Å². The standard InChI is InChI=1S/C18H19ClN2/c19-16-6-5-13(10-20-17-7-8-17)18(9-16)21-11-14-3-1-2-4-15(14)12-21/h1-6,9,17,20H,7-8,10-12H2. The van der Waals surface area contributed by atoms with Gasteiger partial charge in [-0.15, -0.1) is 0 Å². The fourth-order valence-corrected chi connectivity index (χ4v) is 3.19. The molecule has 0 unspecified atom stereocenters. The van der Waals surface area contributed by atoms with Gasteiger partial charge >= 0.3 is 0 Å². The molecule has 108 valence electrons. The highest BCUT2D eigenvalue weighted by atomic mass is 35.5. The lowest BCUT2D eigenvalue weighted by Gasteiger charge is -2.22. The van der Waals surface area contributed by atoms with Gasteiger partial charge in [0.05, 0.1) is 0 Å². The fourth-order valence-electron chi connectivity index (χ4n) is 3.03. The van der Waals surface area contributed by atoms with Gasteiger partial charge in [0.25, 0.3) is 0 Å². The molecule has 2 nitrogen and oxygen atoms in total. The molecule has 1 N–H and O–H groups in total. The molecular formula is C18H19ClN2. The van der Waals surface area contributed by atoms with E-state index in [-0.39, 0.29) is 0 Å². The van der Waals surface area contributed by atoms with Crippen LogP contribution >= 0.6 is 11.6 Å². The second kappa shape index (κ2) is 5.36. The molecule has 2 aliphatic rings. The highest BCUT2D eigenvalue weighted by molar-refractivity contribution is 6.30. The van der Waals surface area contributed by atoms with Crippen LogP contribution in [0.15, 0.2) is 42.5 Å². The summed E-state index contributed by atoms with van der Waals surface area (Å²) in [6.07, 6.45) is 2.64. The van der Waals surface area contributed by atoms with Crippen LogP contribution in [0.2, 0.25) is 5.02 Å². The van der Waals surface area contributed by atoms with Crippen LogP contribution in [0.25, 0.3) is 0 Å². The molecule has 1 heterocycles. The van der Waals surface area contributed by atoms with Crippen molar-refractivity contribution >= 4 is 17.3 Å². The third-order valence-electron chi connectivity index (χ3n) is 4.39. The summed E-state index contributed by atoms with van der Waals surface area (Å²) in [6, 6.07) is 15.7. The van der Waals surface area contributed by atoms with Crippen molar-refractivity contribution in [3.63, 3.8) is 0 Å². The van der Waals surface area contributed by atoms with E-state index in [1.54, 1.807) is 0 Å². The summed E-state index contributed by atoms with van der Waals surface area (Å²) in [5, 5.41) is 4.42. The molecule has 0 atom stereocenters. The summed E-state index contributed by atoms with van der Waals surface area (Å²) in [5.41, 5.74) is 5.48. The minimum atomic E-state index is 0.726. The zero-order valence-electron chi connectivity index (χ0n) is 12.0. The molecule has 0 amide bonds. The molecule has 1 aliphatic heterocycles. The Bertz CT molecular complexity index is 639. The first-order valence-electron chi connectivity index (χ1n) is 7.63. The minimum absolute atomic E-state index is 0.726. The number of fused-ring (bicyclic) bond motifs is 1. The highest BCUT2D eigenvalue weighted by Gasteiger charge is 2.23. The van der Waals surface area contributed by atoms with Crippen molar-refractivity contribution in [2.75, 3.05) is 4.90 Å². The van der Waals surface area contributed by atoms with E-state index < -0.39 is 0 Å². The van der Waals surface area contributed by atoms with Crippen molar-refractivity contribution in [1.82, 2.24) is 5.32 Å². The molecule has 1 aliphatic carbocycles. The van der Waals surface area contributed by atoms with Gasteiger partial charge < -0.3 is 10.2 Å². The third-order valence-corrected chi connectivity index (χ3v) is 4.62. The van der Waals surface area contributed by atoms with Gasteiger partial charge in [-0.3, -0.25) is 0 Å². The van der Waals surface area contributed by atoms with Crippen LogP contribution in [0, 0.1) is 0 Å². The van der Waals surface area contributed by atoms with E-state index in [2.05, 4.69) is 46.6 Å². The molecule has 4 rings (SSSR count). The van der Waals surface area contributed by atoms with E-state index >= 15 is 0 Å². The lowest BCUT2D eigenvalue weighted by Crippen LogP contribution is -2.21. The first-order chi connectivity index (χ1) is 10.3. The topological polar surface area (TPSA) is 15.3 Å². The Morgan fingerprint density at radius 1 is 1.05 bits per heavy atom. The molecular weight excluding hydrogens is 280 g/mol. The van der Waals surface area contributed by atoms with E-state index in [0.29, 0.717) is 0 Å². The Morgan fingerprint density at radius 3 is 2.43 bits per heavy atom. The molecule has 0 saturated heterocycles. The van der Waals surface area contributed by atoms with Gasteiger partial charge in [0, 0.05) is 36.4 Å². The molecule has 3 heteroatoms. The molecule has 0 aromatic heterocycles. The van der Waals surface area contributed by atoms with Crippen LogP contribution in [-0.4, -0.2) is 6.04 Å². The summed E-state index contributed by atoms with van der Waals surface area (Å²) >= 11 is 6.23. The summed E-state index contributed by atoms with van der Waals surface area (Å²) in [4.78, 5) is 2.43. The SMILES string of the molecule is Clc1ccc(CNC2CC2)c(N2Cc3ccccc3C2)c1. The molecule has 1 fully saturated rings. The van der Waals surface area contributed by atoms with Gasteiger partial charge in [-0.1, -0.05) is 41.9 Å². The Balaban J connectivity index is 1.60. The highest BCUT2D eigenvalue weighted by Crippen LogP contribution is 2.33. The lowest BCUT2D eigenvalue weighted by molar-refractivity contribution is 0.684. The van der Waals surface area contributed by atoms with E-state index in [0.717, 1.165) is 30.7 Å². The van der Waals surface area contributed by atoms with Gasteiger partial charge in [0.1, 0.15) is 0 Å². The fraction of sp³-hybridized carbons (Fsp3) is 0.333. The number of hydrogen-bond donors (Lipinski definition) is 1. The summed E-state index contributed by atoms with van der Waals surface area (Å²) in [5.74, 6) is 0. The van der Waals surface area contributed by atoms with Gasteiger partial charge in [-0.05, 0) is 41.7 Å². The number of rotatable bonds is 4. The predicted molar refractivity (Wildman–Crippen MR) is 87.6 cm³/mol. The lowest BCUT2D eigenvalue weighted by atomic mass is 10.1. The average Bonchev–Trinajstić information content (AvgIpc) is 3.22. The van der Waals surface area contributed by atoms with Crippen LogP contribution in [0.4, 0.5) is 5.69 Å². The molecule has 0 bridgehead atoms. The minimum Gasteiger partial charge on any atom is -0.363 e. The van der Waals surface area contributed by atoms with Gasteiger partial charge in [0.2, 0.25) is 0 Å². The quantitative estimate of drug-likeness (QED) is 0.914. The summed E-state index contributed by atoms with van der Waals surface area (Å²) < 4.78 is 0. The molecule has 0 spiro atoms. The molecule has 21 heavy (non-hydrogen) atoms.